The van der Waals surface area contributed by atoms with Crippen LogP contribution in [0.4, 0.5) is 4.79 Å². The summed E-state index contributed by atoms with van der Waals surface area (Å²) >= 11 is 1.15. The van der Waals surface area contributed by atoms with Gasteiger partial charge in [0.1, 0.15) is 35.9 Å². The number of benzene rings is 2. The van der Waals surface area contributed by atoms with Gasteiger partial charge in [0, 0.05) is 6.54 Å². The summed E-state index contributed by atoms with van der Waals surface area (Å²) in [7, 11) is 0. The number of carbonyl (C=O) groups is 3. The maximum absolute atomic E-state index is 12.9. The molecule has 0 bridgehead atoms. The van der Waals surface area contributed by atoms with Crippen LogP contribution in [0.25, 0.3) is 0 Å². The summed E-state index contributed by atoms with van der Waals surface area (Å²) in [6, 6.07) is 15.9. The fraction of sp³-hybridized carbons (Fsp3) is 0.429. The number of amidine groups is 1. The highest BCUT2D eigenvalue weighted by Gasteiger charge is 2.52. The van der Waals surface area contributed by atoms with Crippen molar-refractivity contribution in [2.75, 3.05) is 13.2 Å². The van der Waals surface area contributed by atoms with Crippen molar-refractivity contribution in [1.82, 2.24) is 4.90 Å². The monoisotopic (exact) mass is 556 g/mol. The standard InChI is InChI=1S/C28H32N2O8S/c1-5-30(27(34)38-28(2,3)4)26-29-20-21(31)22(37-24(33)18-14-10-7-11-15-18)19(36-25(20)39-26)16-35-23(32)17-12-8-6-9-13-17/h6-15,19-22,25,31H,5,16H2,1-4H3/t19-,20-,21-,22+,25-/m1/s1. The Bertz CT molecular complexity index is 1200. The molecule has 1 N–H and O–H groups in total. The first kappa shape index (κ1) is 28.6. The molecule has 5 atom stereocenters. The first-order chi connectivity index (χ1) is 18.6. The topological polar surface area (TPSA) is 124 Å². The zero-order valence-electron chi connectivity index (χ0n) is 22.2. The third-order valence-corrected chi connectivity index (χ3v) is 7.08. The molecule has 10 nitrogen and oxygen atoms in total. The smallest absolute Gasteiger partial charge is 0.416 e. The molecule has 39 heavy (non-hydrogen) atoms. The Balaban J connectivity index is 1.54. The van der Waals surface area contributed by atoms with Crippen LogP contribution in [0, 0.1) is 0 Å². The highest BCUT2D eigenvalue weighted by molar-refractivity contribution is 8.14. The largest absolute Gasteiger partial charge is 0.459 e. The van der Waals surface area contributed by atoms with Crippen LogP contribution < -0.4 is 0 Å². The number of fused-ring (bicyclic) bond motifs is 1. The molecule has 0 radical (unpaired) electrons. The molecule has 1 fully saturated rings. The average Bonchev–Trinajstić information content (AvgIpc) is 3.33. The summed E-state index contributed by atoms with van der Waals surface area (Å²) in [6.45, 7) is 7.08. The predicted molar refractivity (Wildman–Crippen MR) is 144 cm³/mol. The molecule has 0 unspecified atom stereocenters. The van der Waals surface area contributed by atoms with E-state index in [2.05, 4.69) is 4.99 Å². The molecule has 0 aliphatic carbocycles. The van der Waals surface area contributed by atoms with E-state index in [4.69, 9.17) is 18.9 Å². The van der Waals surface area contributed by atoms with E-state index < -0.39 is 53.4 Å². The van der Waals surface area contributed by atoms with Gasteiger partial charge in [-0.05, 0) is 52.0 Å². The van der Waals surface area contributed by atoms with Crippen LogP contribution in [0.3, 0.4) is 0 Å². The fourth-order valence-electron chi connectivity index (χ4n) is 4.06. The van der Waals surface area contributed by atoms with E-state index in [9.17, 15) is 19.5 Å². The molecule has 2 aliphatic rings. The lowest BCUT2D eigenvalue weighted by Gasteiger charge is -2.39. The number of ether oxygens (including phenoxy) is 4. The van der Waals surface area contributed by atoms with Crippen LogP contribution in [0.1, 0.15) is 48.4 Å². The van der Waals surface area contributed by atoms with Crippen LogP contribution in [-0.2, 0) is 18.9 Å². The number of hydrogen-bond donors (Lipinski definition) is 1. The molecule has 1 saturated heterocycles. The van der Waals surface area contributed by atoms with Crippen molar-refractivity contribution >= 4 is 35.0 Å². The van der Waals surface area contributed by atoms with Gasteiger partial charge < -0.3 is 24.1 Å². The minimum absolute atomic E-state index is 0.278. The van der Waals surface area contributed by atoms with E-state index in [1.54, 1.807) is 88.4 Å². The van der Waals surface area contributed by atoms with Crippen molar-refractivity contribution in [3.63, 3.8) is 0 Å². The first-order valence-electron chi connectivity index (χ1n) is 12.6. The summed E-state index contributed by atoms with van der Waals surface area (Å²) in [6.07, 6.45) is -4.05. The number of aliphatic imine (C=N–C) groups is 1. The highest BCUT2D eigenvalue weighted by Crippen LogP contribution is 2.39. The molecule has 0 aromatic heterocycles. The summed E-state index contributed by atoms with van der Waals surface area (Å²) in [5, 5.41) is 11.6. The maximum atomic E-state index is 12.9. The number of carbonyl (C=O) groups excluding carboxylic acids is 3. The van der Waals surface area contributed by atoms with Gasteiger partial charge in [0.05, 0.1) is 11.1 Å². The van der Waals surface area contributed by atoms with E-state index in [1.807, 2.05) is 0 Å². The number of amides is 1. The summed E-state index contributed by atoms with van der Waals surface area (Å²) in [5.74, 6) is -1.25. The Kier molecular flexibility index (Phi) is 8.94. The van der Waals surface area contributed by atoms with Gasteiger partial charge in [0.15, 0.2) is 11.3 Å². The van der Waals surface area contributed by atoms with Crippen molar-refractivity contribution in [3.8, 4) is 0 Å². The van der Waals surface area contributed by atoms with Crippen molar-refractivity contribution in [2.45, 2.75) is 63.1 Å². The zero-order chi connectivity index (χ0) is 28.2. The lowest BCUT2D eigenvalue weighted by molar-refractivity contribution is -0.167. The van der Waals surface area contributed by atoms with Gasteiger partial charge in [-0.3, -0.25) is 9.89 Å². The van der Waals surface area contributed by atoms with E-state index in [0.29, 0.717) is 16.3 Å². The molecule has 11 heteroatoms. The van der Waals surface area contributed by atoms with E-state index >= 15 is 0 Å². The third-order valence-electron chi connectivity index (χ3n) is 5.92. The zero-order valence-corrected chi connectivity index (χ0v) is 23.0. The molecule has 2 aromatic carbocycles. The average molecular weight is 557 g/mol. The van der Waals surface area contributed by atoms with Gasteiger partial charge >= 0.3 is 18.0 Å². The number of rotatable bonds is 6. The number of thioether (sulfide) groups is 1. The van der Waals surface area contributed by atoms with Crippen molar-refractivity contribution < 1.29 is 38.4 Å². The molecule has 4 rings (SSSR count). The Morgan fingerprint density at radius 1 is 1.00 bits per heavy atom. The second-order valence-electron chi connectivity index (χ2n) is 9.98. The number of aliphatic hydroxyl groups is 1. The molecule has 1 amide bonds. The van der Waals surface area contributed by atoms with Crippen LogP contribution in [0.15, 0.2) is 65.7 Å². The molecular weight excluding hydrogens is 524 g/mol. The number of aliphatic hydroxyl groups excluding tert-OH is 1. The molecule has 0 spiro atoms. The van der Waals surface area contributed by atoms with Gasteiger partial charge in [-0.15, -0.1) is 0 Å². The Morgan fingerprint density at radius 2 is 1.59 bits per heavy atom. The fourth-order valence-corrected chi connectivity index (χ4v) is 5.34. The van der Waals surface area contributed by atoms with E-state index in [1.165, 1.54) is 4.90 Å². The lowest BCUT2D eigenvalue weighted by Crippen LogP contribution is -2.57. The van der Waals surface area contributed by atoms with Gasteiger partial charge in [-0.1, -0.05) is 48.2 Å². The van der Waals surface area contributed by atoms with Crippen molar-refractivity contribution in [1.29, 1.82) is 0 Å². The maximum Gasteiger partial charge on any atom is 0.416 e. The second kappa shape index (κ2) is 12.2. The molecular formula is C28H32N2O8S. The minimum Gasteiger partial charge on any atom is -0.459 e. The highest BCUT2D eigenvalue weighted by atomic mass is 32.2. The Labute approximate surface area is 231 Å². The number of esters is 2. The molecule has 0 saturated carbocycles. The quantitative estimate of drug-likeness (QED) is 0.417. The van der Waals surface area contributed by atoms with Gasteiger partial charge in [0.25, 0.3) is 0 Å². The lowest BCUT2D eigenvalue weighted by atomic mass is 9.98. The third kappa shape index (κ3) is 6.97. The SMILES string of the molecule is CCN(C(=O)OC(C)(C)C)C1=N[C@@H]2[C@@H](O)[C@@H](OC(=O)c3ccccc3)[C@@H](COC(=O)c3ccccc3)O[C@@H]2S1. The second-order valence-corrected chi connectivity index (χ2v) is 11.0. The normalized spacial score (nSPS) is 24.2. The number of nitrogens with zero attached hydrogens (tertiary/aromatic N) is 2. The van der Waals surface area contributed by atoms with E-state index in [-0.39, 0.29) is 13.2 Å². The molecule has 2 aliphatic heterocycles. The Hall–Kier alpha value is -3.41. The molecule has 208 valence electrons. The number of hydrogen-bond acceptors (Lipinski definition) is 10. The van der Waals surface area contributed by atoms with E-state index in [0.717, 1.165) is 11.8 Å². The molecule has 2 heterocycles. The van der Waals surface area contributed by atoms with Crippen molar-refractivity contribution in [3.05, 3.63) is 71.8 Å². The summed E-state index contributed by atoms with van der Waals surface area (Å²) in [4.78, 5) is 44.2. The first-order valence-corrected chi connectivity index (χ1v) is 13.5. The Morgan fingerprint density at radius 3 is 2.15 bits per heavy atom. The van der Waals surface area contributed by atoms with Gasteiger partial charge in [-0.2, -0.15) is 0 Å². The van der Waals surface area contributed by atoms with Crippen LogP contribution in [0.5, 0.6) is 0 Å². The minimum atomic E-state index is -1.29. The summed E-state index contributed by atoms with van der Waals surface area (Å²) in [5.41, 5.74) is -0.777. The van der Waals surface area contributed by atoms with Crippen LogP contribution in [-0.4, -0.2) is 81.7 Å². The van der Waals surface area contributed by atoms with Crippen LogP contribution >= 0.6 is 11.8 Å². The molecule has 2 aromatic rings. The predicted octanol–water partition coefficient (Wildman–Crippen LogP) is 3.88. The summed E-state index contributed by atoms with van der Waals surface area (Å²) < 4.78 is 22.8. The van der Waals surface area contributed by atoms with Gasteiger partial charge in [-0.25, -0.2) is 14.4 Å². The van der Waals surface area contributed by atoms with Gasteiger partial charge in [0.2, 0.25) is 0 Å². The van der Waals surface area contributed by atoms with Crippen LogP contribution in [0.2, 0.25) is 0 Å². The van der Waals surface area contributed by atoms with Crippen molar-refractivity contribution in [2.24, 2.45) is 4.99 Å².